The Morgan fingerprint density at radius 3 is 2.57 bits per heavy atom. The number of hydrogen-bond donors (Lipinski definition) is 2. The first-order valence-corrected chi connectivity index (χ1v) is 11.2. The third-order valence-corrected chi connectivity index (χ3v) is 6.66. The van der Waals surface area contributed by atoms with Crippen molar-refractivity contribution in [2.45, 2.75) is 30.3 Å². The first-order valence-electron chi connectivity index (χ1n) is 8.91. The first kappa shape index (κ1) is 19.2. The third kappa shape index (κ3) is 4.31. The van der Waals surface area contributed by atoms with Crippen LogP contribution < -0.4 is 19.5 Å². The zero-order valence-corrected chi connectivity index (χ0v) is 17.3. The van der Waals surface area contributed by atoms with E-state index in [1.165, 1.54) is 12.1 Å². The normalized spacial score (nSPS) is 15.9. The van der Waals surface area contributed by atoms with E-state index in [0.29, 0.717) is 29.2 Å². The molecule has 1 aliphatic heterocycles. The van der Waals surface area contributed by atoms with E-state index in [1.807, 2.05) is 18.2 Å². The van der Waals surface area contributed by atoms with Gasteiger partial charge in [-0.1, -0.05) is 6.07 Å². The molecule has 0 saturated heterocycles. The summed E-state index contributed by atoms with van der Waals surface area (Å²) in [6.07, 6.45) is 1.69. The van der Waals surface area contributed by atoms with Gasteiger partial charge in [0.05, 0.1) is 10.5 Å². The summed E-state index contributed by atoms with van der Waals surface area (Å²) in [5, 5.41) is 2.81. The van der Waals surface area contributed by atoms with Gasteiger partial charge in [0.2, 0.25) is 10.0 Å². The minimum absolute atomic E-state index is 0.00105. The van der Waals surface area contributed by atoms with Crippen molar-refractivity contribution in [3.63, 3.8) is 0 Å². The molecule has 0 unspecified atom stereocenters. The maximum Gasteiger partial charge on any atom is 0.252 e. The van der Waals surface area contributed by atoms with Gasteiger partial charge in [-0.05, 0) is 64.7 Å². The molecule has 7 nitrogen and oxygen atoms in total. The van der Waals surface area contributed by atoms with E-state index in [9.17, 15) is 13.2 Å². The van der Waals surface area contributed by atoms with E-state index in [-0.39, 0.29) is 29.0 Å². The summed E-state index contributed by atoms with van der Waals surface area (Å²) in [7, 11) is -3.63. The van der Waals surface area contributed by atoms with Crippen molar-refractivity contribution in [3.05, 3.63) is 52.0 Å². The minimum atomic E-state index is -3.63. The molecular formula is C19H19BrN2O5S. The van der Waals surface area contributed by atoms with Gasteiger partial charge in [0.15, 0.2) is 11.5 Å². The van der Waals surface area contributed by atoms with Crippen LogP contribution in [0.3, 0.4) is 0 Å². The van der Waals surface area contributed by atoms with Crippen LogP contribution in [0.25, 0.3) is 0 Å². The smallest absolute Gasteiger partial charge is 0.252 e. The van der Waals surface area contributed by atoms with Gasteiger partial charge < -0.3 is 14.8 Å². The molecule has 0 spiro atoms. The monoisotopic (exact) mass is 466 g/mol. The highest BCUT2D eigenvalue weighted by atomic mass is 79.9. The zero-order valence-electron chi connectivity index (χ0n) is 14.9. The second-order valence-electron chi connectivity index (χ2n) is 6.70. The molecule has 4 rings (SSSR count). The second kappa shape index (κ2) is 7.73. The molecule has 2 aliphatic rings. The molecule has 2 aromatic carbocycles. The molecule has 9 heteroatoms. The largest absolute Gasteiger partial charge is 0.486 e. The van der Waals surface area contributed by atoms with E-state index in [0.717, 1.165) is 18.4 Å². The summed E-state index contributed by atoms with van der Waals surface area (Å²) >= 11 is 3.32. The molecule has 1 saturated carbocycles. The van der Waals surface area contributed by atoms with Crippen LogP contribution in [-0.4, -0.2) is 33.6 Å². The van der Waals surface area contributed by atoms with Gasteiger partial charge in [0.25, 0.3) is 5.91 Å². The highest BCUT2D eigenvalue weighted by Gasteiger charge is 2.28. The molecule has 0 bridgehead atoms. The summed E-state index contributed by atoms with van der Waals surface area (Å²) in [5.74, 6) is 0.966. The van der Waals surface area contributed by atoms with E-state index in [2.05, 4.69) is 26.0 Å². The number of halogens is 1. The maximum absolute atomic E-state index is 12.6. The predicted molar refractivity (Wildman–Crippen MR) is 106 cm³/mol. The lowest BCUT2D eigenvalue weighted by atomic mass is 10.1. The van der Waals surface area contributed by atoms with Gasteiger partial charge in [-0.2, -0.15) is 0 Å². The summed E-state index contributed by atoms with van der Waals surface area (Å²) in [6, 6.07) is 9.91. The number of ether oxygens (including phenoxy) is 2. The number of fused-ring (bicyclic) bond motifs is 1. The van der Waals surface area contributed by atoms with Crippen LogP contribution in [0.4, 0.5) is 0 Å². The van der Waals surface area contributed by atoms with Gasteiger partial charge in [0.1, 0.15) is 13.2 Å². The highest BCUT2D eigenvalue weighted by molar-refractivity contribution is 9.10. The average Bonchev–Trinajstić information content (AvgIpc) is 3.49. The van der Waals surface area contributed by atoms with Crippen LogP contribution in [-0.2, 0) is 16.6 Å². The Kier molecular flexibility index (Phi) is 5.31. The number of sulfonamides is 1. The van der Waals surface area contributed by atoms with Crippen molar-refractivity contribution in [1.82, 2.24) is 10.0 Å². The molecule has 0 atom stereocenters. The molecule has 2 aromatic rings. The molecule has 1 heterocycles. The van der Waals surface area contributed by atoms with Crippen molar-refractivity contribution in [3.8, 4) is 11.5 Å². The van der Waals surface area contributed by atoms with E-state index >= 15 is 0 Å². The standard InChI is InChI=1S/C19H19BrN2O5S/c20-16-5-4-14(28(24,25)22-13-2-3-13)10-15(16)19(23)21-11-12-1-6-17-18(9-12)27-8-7-26-17/h1,4-6,9-10,13,22H,2-3,7-8,11H2,(H,21,23). The van der Waals surface area contributed by atoms with Gasteiger partial charge in [0, 0.05) is 17.1 Å². The molecule has 0 radical (unpaired) electrons. The van der Waals surface area contributed by atoms with Crippen molar-refractivity contribution in [2.24, 2.45) is 0 Å². The Labute approximate surface area is 171 Å². The van der Waals surface area contributed by atoms with Crippen molar-refractivity contribution < 1.29 is 22.7 Å². The Bertz CT molecular complexity index is 1020. The molecule has 1 fully saturated rings. The van der Waals surface area contributed by atoms with Crippen LogP contribution in [0.15, 0.2) is 45.8 Å². The molecule has 0 aromatic heterocycles. The Morgan fingerprint density at radius 1 is 1.07 bits per heavy atom. The summed E-state index contributed by atoms with van der Waals surface area (Å²) < 4.78 is 39.0. The summed E-state index contributed by atoms with van der Waals surface area (Å²) in [6.45, 7) is 1.29. The SMILES string of the molecule is O=C(NCc1ccc2c(c1)OCCO2)c1cc(S(=O)(=O)NC2CC2)ccc1Br. The number of carbonyl (C=O) groups is 1. The van der Waals surface area contributed by atoms with Crippen LogP contribution in [0, 0.1) is 0 Å². The number of rotatable bonds is 6. The summed E-state index contributed by atoms with van der Waals surface area (Å²) in [4.78, 5) is 12.7. The van der Waals surface area contributed by atoms with E-state index in [4.69, 9.17) is 9.47 Å². The fourth-order valence-corrected chi connectivity index (χ4v) is 4.57. The van der Waals surface area contributed by atoms with Crippen LogP contribution in [0.1, 0.15) is 28.8 Å². The van der Waals surface area contributed by atoms with Gasteiger partial charge >= 0.3 is 0 Å². The topological polar surface area (TPSA) is 93.7 Å². The number of nitrogens with one attached hydrogen (secondary N) is 2. The Balaban J connectivity index is 1.47. The van der Waals surface area contributed by atoms with Crippen molar-refractivity contribution >= 4 is 31.9 Å². The summed E-state index contributed by atoms with van der Waals surface area (Å²) in [5.41, 5.74) is 1.11. The Morgan fingerprint density at radius 2 is 1.82 bits per heavy atom. The highest BCUT2D eigenvalue weighted by Crippen LogP contribution is 2.31. The molecule has 28 heavy (non-hydrogen) atoms. The zero-order chi connectivity index (χ0) is 19.7. The van der Waals surface area contributed by atoms with Crippen LogP contribution in [0.5, 0.6) is 11.5 Å². The third-order valence-electron chi connectivity index (χ3n) is 4.45. The van der Waals surface area contributed by atoms with Crippen molar-refractivity contribution in [1.29, 1.82) is 0 Å². The lowest BCUT2D eigenvalue weighted by molar-refractivity contribution is 0.0950. The van der Waals surface area contributed by atoms with Crippen LogP contribution in [0.2, 0.25) is 0 Å². The predicted octanol–water partition coefficient (Wildman–Crippen LogP) is 2.59. The first-order chi connectivity index (χ1) is 13.4. The lowest BCUT2D eigenvalue weighted by Gasteiger charge is -2.19. The minimum Gasteiger partial charge on any atom is -0.486 e. The fraction of sp³-hybridized carbons (Fsp3) is 0.316. The molecule has 1 aliphatic carbocycles. The molecule has 1 amide bonds. The van der Waals surface area contributed by atoms with Gasteiger partial charge in [-0.3, -0.25) is 4.79 Å². The number of hydrogen-bond acceptors (Lipinski definition) is 5. The van der Waals surface area contributed by atoms with Crippen LogP contribution >= 0.6 is 15.9 Å². The lowest BCUT2D eigenvalue weighted by Crippen LogP contribution is -2.27. The number of amides is 1. The molecule has 148 valence electrons. The number of benzene rings is 2. The Hall–Kier alpha value is -2.10. The average molecular weight is 467 g/mol. The van der Waals surface area contributed by atoms with E-state index in [1.54, 1.807) is 6.07 Å². The van der Waals surface area contributed by atoms with Gasteiger partial charge in [-0.25, -0.2) is 13.1 Å². The number of carbonyl (C=O) groups excluding carboxylic acids is 1. The molecule has 2 N–H and O–H groups in total. The molecular weight excluding hydrogens is 448 g/mol. The fourth-order valence-electron chi connectivity index (χ4n) is 2.81. The maximum atomic E-state index is 12.6. The quantitative estimate of drug-likeness (QED) is 0.682. The van der Waals surface area contributed by atoms with Crippen molar-refractivity contribution in [2.75, 3.05) is 13.2 Å². The van der Waals surface area contributed by atoms with E-state index < -0.39 is 10.0 Å². The van der Waals surface area contributed by atoms with Gasteiger partial charge in [-0.15, -0.1) is 0 Å². The second-order valence-corrected chi connectivity index (χ2v) is 9.27.